The van der Waals surface area contributed by atoms with E-state index in [0.717, 1.165) is 18.5 Å². The van der Waals surface area contributed by atoms with Gasteiger partial charge in [-0.3, -0.25) is 0 Å². The number of anilines is 1. The Morgan fingerprint density at radius 1 is 1.29 bits per heavy atom. The Labute approximate surface area is 103 Å². The van der Waals surface area contributed by atoms with Gasteiger partial charge in [0.1, 0.15) is 6.07 Å². The highest BCUT2D eigenvalue weighted by Gasteiger charge is 2.25. The summed E-state index contributed by atoms with van der Waals surface area (Å²) in [6.07, 6.45) is 1.84. The lowest BCUT2D eigenvalue weighted by atomic mass is 9.83. The van der Waals surface area contributed by atoms with Gasteiger partial charge in [0.05, 0.1) is 17.9 Å². The summed E-state index contributed by atoms with van der Waals surface area (Å²) >= 11 is 0. The van der Waals surface area contributed by atoms with Crippen LogP contribution in [-0.4, -0.2) is 18.3 Å². The standard InChI is InChI=1S/C14H20N2O/c1-3-14(4-2,11-17)10-16-13-8-6-5-7-12(13)9-15/h5-8,16-17H,3-4,10-11H2,1-2H3. The first kappa shape index (κ1) is 13.5. The second-order valence-corrected chi connectivity index (χ2v) is 4.38. The zero-order chi connectivity index (χ0) is 12.7. The summed E-state index contributed by atoms with van der Waals surface area (Å²) in [5, 5.41) is 21.7. The van der Waals surface area contributed by atoms with E-state index in [2.05, 4.69) is 25.2 Å². The van der Waals surface area contributed by atoms with Gasteiger partial charge in [0.15, 0.2) is 0 Å². The summed E-state index contributed by atoms with van der Waals surface area (Å²) in [6.45, 7) is 5.02. The van der Waals surface area contributed by atoms with Crippen molar-refractivity contribution in [3.05, 3.63) is 29.8 Å². The second-order valence-electron chi connectivity index (χ2n) is 4.38. The average Bonchev–Trinajstić information content (AvgIpc) is 2.41. The smallest absolute Gasteiger partial charge is 0.101 e. The predicted molar refractivity (Wildman–Crippen MR) is 69.7 cm³/mol. The number of benzene rings is 1. The number of aliphatic hydroxyl groups is 1. The molecule has 17 heavy (non-hydrogen) atoms. The number of rotatable bonds is 6. The highest BCUT2D eigenvalue weighted by Crippen LogP contribution is 2.26. The molecule has 3 heteroatoms. The molecule has 0 radical (unpaired) electrons. The number of hydrogen-bond donors (Lipinski definition) is 2. The molecule has 1 aromatic rings. The van der Waals surface area contributed by atoms with Crippen molar-refractivity contribution >= 4 is 5.69 Å². The fourth-order valence-corrected chi connectivity index (χ4v) is 1.80. The van der Waals surface area contributed by atoms with Crippen LogP contribution in [0.2, 0.25) is 0 Å². The topological polar surface area (TPSA) is 56.0 Å². The molecular weight excluding hydrogens is 212 g/mol. The van der Waals surface area contributed by atoms with Crippen molar-refractivity contribution in [2.45, 2.75) is 26.7 Å². The molecule has 0 fully saturated rings. The number of nitrogens with one attached hydrogen (secondary N) is 1. The van der Waals surface area contributed by atoms with Crippen molar-refractivity contribution in [1.82, 2.24) is 0 Å². The summed E-state index contributed by atoms with van der Waals surface area (Å²) in [4.78, 5) is 0. The van der Waals surface area contributed by atoms with E-state index in [9.17, 15) is 5.11 Å². The highest BCUT2D eigenvalue weighted by atomic mass is 16.3. The maximum atomic E-state index is 9.48. The second kappa shape index (κ2) is 6.27. The summed E-state index contributed by atoms with van der Waals surface area (Å²) in [5.41, 5.74) is 1.39. The first-order chi connectivity index (χ1) is 8.21. The Kier molecular flexibility index (Phi) is 4.99. The van der Waals surface area contributed by atoms with Crippen LogP contribution in [0.4, 0.5) is 5.69 Å². The summed E-state index contributed by atoms with van der Waals surface area (Å²) in [5.74, 6) is 0. The number of aliphatic hydroxyl groups excluding tert-OH is 1. The van der Waals surface area contributed by atoms with Gasteiger partial charge < -0.3 is 10.4 Å². The molecule has 0 aromatic heterocycles. The minimum atomic E-state index is -0.0947. The molecule has 0 aliphatic heterocycles. The van der Waals surface area contributed by atoms with Crippen molar-refractivity contribution in [2.75, 3.05) is 18.5 Å². The van der Waals surface area contributed by atoms with E-state index < -0.39 is 0 Å². The van der Waals surface area contributed by atoms with Gasteiger partial charge in [-0.1, -0.05) is 26.0 Å². The van der Waals surface area contributed by atoms with Crippen LogP contribution >= 0.6 is 0 Å². The van der Waals surface area contributed by atoms with Crippen LogP contribution in [0.25, 0.3) is 0 Å². The zero-order valence-electron chi connectivity index (χ0n) is 10.5. The average molecular weight is 232 g/mol. The minimum absolute atomic E-state index is 0.0947. The zero-order valence-corrected chi connectivity index (χ0v) is 10.5. The van der Waals surface area contributed by atoms with Crippen LogP contribution < -0.4 is 5.32 Å². The molecule has 0 aliphatic rings. The van der Waals surface area contributed by atoms with Crippen molar-refractivity contribution in [3.63, 3.8) is 0 Å². The molecule has 0 atom stereocenters. The molecule has 92 valence electrons. The molecule has 0 saturated carbocycles. The van der Waals surface area contributed by atoms with Crippen LogP contribution in [0, 0.1) is 16.7 Å². The van der Waals surface area contributed by atoms with E-state index >= 15 is 0 Å². The van der Waals surface area contributed by atoms with E-state index in [1.165, 1.54) is 0 Å². The van der Waals surface area contributed by atoms with Crippen LogP contribution in [-0.2, 0) is 0 Å². The molecule has 0 aliphatic carbocycles. The third-order valence-electron chi connectivity index (χ3n) is 3.54. The fourth-order valence-electron chi connectivity index (χ4n) is 1.80. The normalized spacial score (nSPS) is 10.9. The Hall–Kier alpha value is -1.53. The lowest BCUT2D eigenvalue weighted by molar-refractivity contribution is 0.127. The first-order valence-corrected chi connectivity index (χ1v) is 6.05. The molecule has 0 heterocycles. The van der Waals surface area contributed by atoms with Crippen LogP contribution in [0.3, 0.4) is 0 Å². The summed E-state index contributed by atoms with van der Waals surface area (Å²) < 4.78 is 0. The number of nitrogens with zero attached hydrogens (tertiary/aromatic N) is 1. The third-order valence-corrected chi connectivity index (χ3v) is 3.54. The molecule has 2 N–H and O–H groups in total. The van der Waals surface area contributed by atoms with Crippen LogP contribution in [0.5, 0.6) is 0 Å². The maximum Gasteiger partial charge on any atom is 0.101 e. The lowest BCUT2D eigenvalue weighted by Gasteiger charge is -2.30. The summed E-state index contributed by atoms with van der Waals surface area (Å²) in [7, 11) is 0. The Morgan fingerprint density at radius 2 is 1.94 bits per heavy atom. The Morgan fingerprint density at radius 3 is 2.47 bits per heavy atom. The Bertz CT molecular complexity index is 383. The van der Waals surface area contributed by atoms with E-state index in [4.69, 9.17) is 5.26 Å². The van der Waals surface area contributed by atoms with Gasteiger partial charge in [0.25, 0.3) is 0 Å². The van der Waals surface area contributed by atoms with E-state index in [-0.39, 0.29) is 12.0 Å². The van der Waals surface area contributed by atoms with Crippen molar-refractivity contribution < 1.29 is 5.11 Å². The fraction of sp³-hybridized carbons (Fsp3) is 0.500. The largest absolute Gasteiger partial charge is 0.396 e. The van der Waals surface area contributed by atoms with Crippen molar-refractivity contribution in [3.8, 4) is 6.07 Å². The van der Waals surface area contributed by atoms with Crippen LogP contribution in [0.1, 0.15) is 32.3 Å². The highest BCUT2D eigenvalue weighted by molar-refractivity contribution is 5.57. The van der Waals surface area contributed by atoms with E-state index in [1.807, 2.05) is 18.2 Å². The van der Waals surface area contributed by atoms with Crippen LogP contribution in [0.15, 0.2) is 24.3 Å². The monoisotopic (exact) mass is 232 g/mol. The number of nitriles is 1. The van der Waals surface area contributed by atoms with Crippen molar-refractivity contribution in [1.29, 1.82) is 5.26 Å². The molecule has 1 rings (SSSR count). The van der Waals surface area contributed by atoms with Gasteiger partial charge in [-0.2, -0.15) is 5.26 Å². The number of para-hydroxylation sites is 1. The number of hydrogen-bond acceptors (Lipinski definition) is 3. The predicted octanol–water partition coefficient (Wildman–Crippen LogP) is 2.77. The van der Waals surface area contributed by atoms with Gasteiger partial charge >= 0.3 is 0 Å². The van der Waals surface area contributed by atoms with Gasteiger partial charge in [0.2, 0.25) is 0 Å². The minimum Gasteiger partial charge on any atom is -0.396 e. The van der Waals surface area contributed by atoms with Gasteiger partial charge in [-0.25, -0.2) is 0 Å². The molecule has 0 spiro atoms. The van der Waals surface area contributed by atoms with Gasteiger partial charge in [-0.15, -0.1) is 0 Å². The molecular formula is C14H20N2O. The SMILES string of the molecule is CCC(CC)(CO)CNc1ccccc1C#N. The summed E-state index contributed by atoms with van der Waals surface area (Å²) in [6, 6.07) is 9.60. The van der Waals surface area contributed by atoms with E-state index in [0.29, 0.717) is 12.1 Å². The van der Waals surface area contributed by atoms with E-state index in [1.54, 1.807) is 6.07 Å². The van der Waals surface area contributed by atoms with Crippen molar-refractivity contribution in [2.24, 2.45) is 5.41 Å². The molecule has 0 bridgehead atoms. The molecule has 0 saturated heterocycles. The Balaban J connectivity index is 2.76. The lowest BCUT2D eigenvalue weighted by Crippen LogP contribution is -2.32. The first-order valence-electron chi connectivity index (χ1n) is 6.05. The van der Waals surface area contributed by atoms with Gasteiger partial charge in [0, 0.05) is 12.0 Å². The molecule has 3 nitrogen and oxygen atoms in total. The van der Waals surface area contributed by atoms with Gasteiger partial charge in [-0.05, 0) is 25.0 Å². The molecule has 0 unspecified atom stereocenters. The maximum absolute atomic E-state index is 9.48. The third kappa shape index (κ3) is 3.21. The molecule has 0 amide bonds. The quantitative estimate of drug-likeness (QED) is 0.793. The molecule has 1 aromatic carbocycles.